The molecule has 0 aromatic carbocycles. The lowest BCUT2D eigenvalue weighted by molar-refractivity contribution is 0.388. The molecule has 2 N–H and O–H groups in total. The fourth-order valence-corrected chi connectivity index (χ4v) is 2.39. The number of thiophene rings is 1. The maximum atomic E-state index is 5.80. The van der Waals surface area contributed by atoms with E-state index in [-0.39, 0.29) is 0 Å². The average Bonchev–Trinajstić information content (AvgIpc) is 2.75. The van der Waals surface area contributed by atoms with Gasteiger partial charge in [-0.1, -0.05) is 11.2 Å². The molecular formula is C10H10N2OS. The molecule has 1 aliphatic carbocycles. The predicted octanol–water partition coefficient (Wildman–Crippen LogP) is 2.86. The molecule has 0 radical (unpaired) electrons. The molecule has 1 aliphatic rings. The second-order valence-corrected chi connectivity index (χ2v) is 4.51. The number of nitrogens with zero attached hydrogens (tertiary/aromatic N) is 1. The van der Waals surface area contributed by atoms with Crippen molar-refractivity contribution in [3.8, 4) is 10.4 Å². The SMILES string of the molecule is Nc1noc(C2CC2)c1-c1cccs1. The van der Waals surface area contributed by atoms with Crippen molar-refractivity contribution in [3.63, 3.8) is 0 Å². The van der Waals surface area contributed by atoms with Crippen LogP contribution in [0.2, 0.25) is 0 Å². The third kappa shape index (κ3) is 1.14. The van der Waals surface area contributed by atoms with Gasteiger partial charge in [-0.3, -0.25) is 0 Å². The average molecular weight is 206 g/mol. The Labute approximate surface area is 85.5 Å². The molecule has 1 fully saturated rings. The van der Waals surface area contributed by atoms with E-state index in [0.29, 0.717) is 11.7 Å². The molecule has 14 heavy (non-hydrogen) atoms. The summed E-state index contributed by atoms with van der Waals surface area (Å²) in [5.41, 5.74) is 6.82. The van der Waals surface area contributed by atoms with Gasteiger partial charge >= 0.3 is 0 Å². The number of rotatable bonds is 2. The van der Waals surface area contributed by atoms with Gasteiger partial charge in [0.1, 0.15) is 0 Å². The summed E-state index contributed by atoms with van der Waals surface area (Å²) >= 11 is 1.67. The topological polar surface area (TPSA) is 52.0 Å². The first-order valence-electron chi connectivity index (χ1n) is 4.65. The molecule has 2 heterocycles. The minimum Gasteiger partial charge on any atom is -0.380 e. The Morgan fingerprint density at radius 2 is 2.36 bits per heavy atom. The van der Waals surface area contributed by atoms with Crippen molar-refractivity contribution in [1.82, 2.24) is 5.16 Å². The van der Waals surface area contributed by atoms with Gasteiger partial charge in [0.05, 0.1) is 5.56 Å². The fraction of sp³-hybridized carbons (Fsp3) is 0.300. The van der Waals surface area contributed by atoms with Crippen LogP contribution in [-0.2, 0) is 0 Å². The molecule has 4 heteroatoms. The van der Waals surface area contributed by atoms with Gasteiger partial charge < -0.3 is 10.3 Å². The molecule has 0 spiro atoms. The van der Waals surface area contributed by atoms with E-state index in [2.05, 4.69) is 11.2 Å². The minimum atomic E-state index is 0.523. The highest BCUT2D eigenvalue weighted by Crippen LogP contribution is 2.47. The van der Waals surface area contributed by atoms with E-state index in [1.54, 1.807) is 11.3 Å². The fourth-order valence-electron chi connectivity index (χ4n) is 1.61. The molecule has 1 saturated carbocycles. The molecule has 0 atom stereocenters. The molecule has 0 aliphatic heterocycles. The summed E-state index contributed by atoms with van der Waals surface area (Å²) in [6, 6.07) is 4.07. The van der Waals surface area contributed by atoms with Gasteiger partial charge in [-0.2, -0.15) is 0 Å². The monoisotopic (exact) mass is 206 g/mol. The van der Waals surface area contributed by atoms with Crippen molar-refractivity contribution >= 4 is 17.2 Å². The third-order valence-electron chi connectivity index (χ3n) is 2.46. The van der Waals surface area contributed by atoms with E-state index >= 15 is 0 Å². The van der Waals surface area contributed by atoms with Gasteiger partial charge in [0, 0.05) is 10.8 Å². The Morgan fingerprint density at radius 1 is 1.50 bits per heavy atom. The van der Waals surface area contributed by atoms with Crippen LogP contribution in [0, 0.1) is 0 Å². The summed E-state index contributed by atoms with van der Waals surface area (Å²) in [5, 5.41) is 5.88. The van der Waals surface area contributed by atoms with E-state index in [0.717, 1.165) is 16.2 Å². The van der Waals surface area contributed by atoms with E-state index in [9.17, 15) is 0 Å². The van der Waals surface area contributed by atoms with Crippen molar-refractivity contribution in [2.75, 3.05) is 5.73 Å². The Kier molecular flexibility index (Phi) is 1.64. The van der Waals surface area contributed by atoms with Crippen molar-refractivity contribution < 1.29 is 4.52 Å². The number of nitrogen functional groups attached to an aromatic ring is 1. The molecule has 0 bridgehead atoms. The van der Waals surface area contributed by atoms with Crippen LogP contribution in [0.5, 0.6) is 0 Å². The summed E-state index contributed by atoms with van der Waals surface area (Å²) in [5.74, 6) is 2.05. The van der Waals surface area contributed by atoms with Gasteiger partial charge in [-0.15, -0.1) is 11.3 Å². The zero-order valence-corrected chi connectivity index (χ0v) is 8.38. The molecule has 72 valence electrons. The Balaban J connectivity index is 2.14. The summed E-state index contributed by atoms with van der Waals surface area (Å²) in [6.45, 7) is 0. The van der Waals surface area contributed by atoms with Crippen molar-refractivity contribution in [2.24, 2.45) is 0 Å². The highest BCUT2D eigenvalue weighted by Gasteiger charge is 2.32. The Morgan fingerprint density at radius 3 is 3.00 bits per heavy atom. The van der Waals surface area contributed by atoms with E-state index in [1.807, 2.05) is 11.4 Å². The summed E-state index contributed by atoms with van der Waals surface area (Å²) in [6.07, 6.45) is 2.40. The number of nitrogens with two attached hydrogens (primary N) is 1. The van der Waals surface area contributed by atoms with E-state index in [1.165, 1.54) is 12.8 Å². The number of anilines is 1. The number of hydrogen-bond donors (Lipinski definition) is 1. The van der Waals surface area contributed by atoms with Crippen molar-refractivity contribution in [2.45, 2.75) is 18.8 Å². The van der Waals surface area contributed by atoms with E-state index < -0.39 is 0 Å². The maximum absolute atomic E-state index is 5.80. The zero-order valence-electron chi connectivity index (χ0n) is 7.56. The first-order valence-corrected chi connectivity index (χ1v) is 5.53. The van der Waals surface area contributed by atoms with Gasteiger partial charge in [-0.25, -0.2) is 0 Å². The molecule has 0 amide bonds. The minimum absolute atomic E-state index is 0.523. The van der Waals surface area contributed by atoms with Crippen LogP contribution in [0.15, 0.2) is 22.0 Å². The summed E-state index contributed by atoms with van der Waals surface area (Å²) in [4.78, 5) is 1.16. The Hall–Kier alpha value is -1.29. The normalized spacial score (nSPS) is 16.0. The second kappa shape index (κ2) is 2.85. The largest absolute Gasteiger partial charge is 0.380 e. The van der Waals surface area contributed by atoms with Crippen LogP contribution < -0.4 is 5.73 Å². The quantitative estimate of drug-likeness (QED) is 0.822. The van der Waals surface area contributed by atoms with Crippen LogP contribution in [0.1, 0.15) is 24.5 Å². The lowest BCUT2D eigenvalue weighted by Crippen LogP contribution is -1.87. The first kappa shape index (κ1) is 8.05. The first-order chi connectivity index (χ1) is 6.86. The second-order valence-electron chi connectivity index (χ2n) is 3.56. The number of aromatic nitrogens is 1. The Bertz CT molecular complexity index is 443. The third-order valence-corrected chi connectivity index (χ3v) is 3.35. The molecule has 3 rings (SSSR count). The van der Waals surface area contributed by atoms with Crippen LogP contribution in [0.25, 0.3) is 10.4 Å². The van der Waals surface area contributed by atoms with E-state index in [4.69, 9.17) is 10.3 Å². The van der Waals surface area contributed by atoms with Gasteiger partial charge in [-0.05, 0) is 24.3 Å². The molecule has 3 nitrogen and oxygen atoms in total. The zero-order chi connectivity index (χ0) is 9.54. The predicted molar refractivity (Wildman–Crippen MR) is 56.2 cm³/mol. The molecule has 0 saturated heterocycles. The molecule has 2 aromatic heterocycles. The van der Waals surface area contributed by atoms with Gasteiger partial charge in [0.2, 0.25) is 0 Å². The molecular weight excluding hydrogens is 196 g/mol. The lowest BCUT2D eigenvalue weighted by Gasteiger charge is -1.95. The van der Waals surface area contributed by atoms with Crippen LogP contribution in [0.4, 0.5) is 5.82 Å². The lowest BCUT2D eigenvalue weighted by atomic mass is 10.1. The highest BCUT2D eigenvalue weighted by molar-refractivity contribution is 7.13. The number of hydrogen-bond acceptors (Lipinski definition) is 4. The van der Waals surface area contributed by atoms with Crippen LogP contribution in [-0.4, -0.2) is 5.16 Å². The van der Waals surface area contributed by atoms with Gasteiger partial charge in [0.15, 0.2) is 11.6 Å². The van der Waals surface area contributed by atoms with Gasteiger partial charge in [0.25, 0.3) is 0 Å². The van der Waals surface area contributed by atoms with Crippen molar-refractivity contribution in [1.29, 1.82) is 0 Å². The highest BCUT2D eigenvalue weighted by atomic mass is 32.1. The smallest absolute Gasteiger partial charge is 0.175 e. The van der Waals surface area contributed by atoms with Crippen molar-refractivity contribution in [3.05, 3.63) is 23.3 Å². The van der Waals surface area contributed by atoms with Crippen LogP contribution >= 0.6 is 11.3 Å². The van der Waals surface area contributed by atoms with Crippen LogP contribution in [0.3, 0.4) is 0 Å². The molecule has 0 unspecified atom stereocenters. The maximum Gasteiger partial charge on any atom is 0.175 e. The summed E-state index contributed by atoms with van der Waals surface area (Å²) < 4.78 is 5.27. The summed E-state index contributed by atoms with van der Waals surface area (Å²) in [7, 11) is 0. The molecule has 2 aromatic rings. The standard InChI is InChI=1S/C10H10N2OS/c11-10-8(7-2-1-5-14-7)9(13-12-10)6-3-4-6/h1-2,5-6H,3-4H2,(H2,11,12).